The van der Waals surface area contributed by atoms with Crippen LogP contribution in [0, 0.1) is 10.1 Å². The van der Waals surface area contributed by atoms with E-state index in [0.717, 1.165) is 6.07 Å². The van der Waals surface area contributed by atoms with Crippen LogP contribution in [0.3, 0.4) is 0 Å². The van der Waals surface area contributed by atoms with Crippen molar-refractivity contribution in [2.24, 2.45) is 0 Å². The van der Waals surface area contributed by atoms with Gasteiger partial charge in [-0.1, -0.05) is 0 Å². The van der Waals surface area contributed by atoms with E-state index in [4.69, 9.17) is 14.2 Å². The van der Waals surface area contributed by atoms with Crippen molar-refractivity contribution in [2.75, 3.05) is 42.0 Å². The van der Waals surface area contributed by atoms with Crippen LogP contribution in [0.2, 0.25) is 0 Å². The first-order chi connectivity index (χ1) is 11.3. The molecule has 24 heavy (non-hydrogen) atoms. The van der Waals surface area contributed by atoms with Gasteiger partial charge < -0.3 is 24.4 Å². The molecule has 1 N–H and O–H groups in total. The molecule has 1 aromatic carbocycles. The molecule has 0 fully saturated rings. The van der Waals surface area contributed by atoms with E-state index < -0.39 is 16.5 Å². The number of ether oxygens (including phenoxy) is 3. The smallest absolute Gasteiger partial charge is 0.327 e. The second kappa shape index (κ2) is 7.99. The highest BCUT2D eigenvalue weighted by atomic mass is 16.6. The maximum atomic E-state index is 12.3. The summed E-state index contributed by atoms with van der Waals surface area (Å²) in [6.45, 7) is -0.306. The van der Waals surface area contributed by atoms with E-state index in [1.165, 1.54) is 40.3 Å². The summed E-state index contributed by atoms with van der Waals surface area (Å²) >= 11 is 0. The molecule has 0 atom stereocenters. The third kappa shape index (κ3) is 3.83. The Kier molecular flexibility index (Phi) is 6.33. The van der Waals surface area contributed by atoms with E-state index in [-0.39, 0.29) is 35.3 Å². The second-order valence-corrected chi connectivity index (χ2v) is 4.77. The maximum absolute atomic E-state index is 12.3. The fraction of sp³-hybridized carbons (Fsp3) is 0.429. The van der Waals surface area contributed by atoms with Crippen LogP contribution in [0.15, 0.2) is 6.07 Å². The number of nitro groups is 1. The molecule has 10 nitrogen and oxygen atoms in total. The molecule has 132 valence electrons. The lowest BCUT2D eigenvalue weighted by Gasteiger charge is -2.15. The zero-order valence-corrected chi connectivity index (χ0v) is 14.0. The number of nitro benzene ring substituents is 1. The van der Waals surface area contributed by atoms with E-state index in [9.17, 15) is 19.7 Å². The number of hydrogen-bond donors (Lipinski definition) is 1. The van der Waals surface area contributed by atoms with E-state index in [1.807, 2.05) is 0 Å². The first kappa shape index (κ1) is 19.0. The summed E-state index contributed by atoms with van der Waals surface area (Å²) in [5.74, 6) is -1.34. The summed E-state index contributed by atoms with van der Waals surface area (Å²) in [6.07, 6.45) is 0. The highest BCUT2D eigenvalue weighted by Crippen LogP contribution is 2.46. The van der Waals surface area contributed by atoms with Crippen molar-refractivity contribution in [3.8, 4) is 17.2 Å². The number of amides is 2. The molecule has 0 bridgehead atoms. The van der Waals surface area contributed by atoms with Crippen molar-refractivity contribution in [1.82, 2.24) is 10.2 Å². The van der Waals surface area contributed by atoms with Gasteiger partial charge in [0.2, 0.25) is 17.4 Å². The van der Waals surface area contributed by atoms with Gasteiger partial charge >= 0.3 is 5.69 Å². The minimum atomic E-state index is -0.809. The summed E-state index contributed by atoms with van der Waals surface area (Å²) in [7, 11) is 6.87. The van der Waals surface area contributed by atoms with Crippen molar-refractivity contribution >= 4 is 17.5 Å². The number of likely N-dealkylation sites (N-methyl/N-ethyl adjacent to an activating group) is 1. The summed E-state index contributed by atoms with van der Waals surface area (Å²) in [5.41, 5.74) is -0.883. The van der Waals surface area contributed by atoms with Gasteiger partial charge in [-0.15, -0.1) is 0 Å². The topological polar surface area (TPSA) is 120 Å². The largest absolute Gasteiger partial charge is 0.493 e. The van der Waals surface area contributed by atoms with Crippen molar-refractivity contribution in [1.29, 1.82) is 0 Å². The van der Waals surface area contributed by atoms with Gasteiger partial charge in [0.15, 0.2) is 5.75 Å². The molecule has 1 aromatic rings. The predicted octanol–water partition coefficient (Wildman–Crippen LogP) is 0.439. The molecule has 2 amide bonds. The number of carbonyl (C=O) groups excluding carboxylic acids is 2. The van der Waals surface area contributed by atoms with Crippen LogP contribution >= 0.6 is 0 Å². The number of methoxy groups -OCH3 is 3. The van der Waals surface area contributed by atoms with Gasteiger partial charge in [0.05, 0.1) is 32.8 Å². The van der Waals surface area contributed by atoms with Gasteiger partial charge in [0, 0.05) is 20.2 Å². The van der Waals surface area contributed by atoms with Crippen LogP contribution in [0.25, 0.3) is 0 Å². The number of hydrogen-bond acceptors (Lipinski definition) is 7. The minimum absolute atomic E-state index is 0.00684. The molecule has 0 unspecified atom stereocenters. The van der Waals surface area contributed by atoms with Gasteiger partial charge in [-0.3, -0.25) is 19.7 Å². The standard InChI is InChI=1S/C14H19N3O7/c1-16(2)10(18)7-15-14(19)8-6-9(22-3)12(23-4)13(24-5)11(8)17(20)21/h6H,7H2,1-5H3,(H,15,19). The Hall–Kier alpha value is -3.04. The normalized spacial score (nSPS) is 9.88. The van der Waals surface area contributed by atoms with Gasteiger partial charge in [-0.05, 0) is 0 Å². The van der Waals surface area contributed by atoms with Crippen LogP contribution in [0.5, 0.6) is 17.2 Å². The molecule has 1 rings (SSSR count). The van der Waals surface area contributed by atoms with E-state index in [2.05, 4.69) is 5.32 Å². The monoisotopic (exact) mass is 341 g/mol. The lowest BCUT2D eigenvalue weighted by Crippen LogP contribution is -2.36. The number of carbonyl (C=O) groups is 2. The first-order valence-electron chi connectivity index (χ1n) is 6.74. The summed E-state index contributed by atoms with van der Waals surface area (Å²) in [6, 6.07) is 1.16. The zero-order chi connectivity index (χ0) is 18.4. The van der Waals surface area contributed by atoms with Crippen LogP contribution in [0.4, 0.5) is 5.69 Å². The highest BCUT2D eigenvalue weighted by Gasteiger charge is 2.32. The van der Waals surface area contributed by atoms with Crippen LogP contribution < -0.4 is 19.5 Å². The molecule has 0 radical (unpaired) electrons. The maximum Gasteiger partial charge on any atom is 0.327 e. The Balaban J connectivity index is 3.38. The Morgan fingerprint density at radius 1 is 1.17 bits per heavy atom. The second-order valence-electron chi connectivity index (χ2n) is 4.77. The molecule has 0 spiro atoms. The van der Waals surface area contributed by atoms with E-state index in [0.29, 0.717) is 0 Å². The lowest BCUT2D eigenvalue weighted by molar-refractivity contribution is -0.386. The predicted molar refractivity (Wildman–Crippen MR) is 83.8 cm³/mol. The third-order valence-electron chi connectivity index (χ3n) is 3.13. The third-order valence-corrected chi connectivity index (χ3v) is 3.13. The van der Waals surface area contributed by atoms with Gasteiger partial charge in [-0.25, -0.2) is 0 Å². The fourth-order valence-electron chi connectivity index (χ4n) is 1.90. The Bertz CT molecular complexity index is 658. The molecule has 10 heteroatoms. The van der Waals surface area contributed by atoms with Crippen molar-refractivity contribution in [2.45, 2.75) is 0 Å². The van der Waals surface area contributed by atoms with Crippen LogP contribution in [0.1, 0.15) is 10.4 Å². The van der Waals surface area contributed by atoms with Gasteiger partial charge in [-0.2, -0.15) is 0 Å². The number of benzene rings is 1. The highest BCUT2D eigenvalue weighted by molar-refractivity contribution is 6.02. The van der Waals surface area contributed by atoms with Crippen LogP contribution in [-0.4, -0.2) is 63.6 Å². The SMILES string of the molecule is COc1cc(C(=O)NCC(=O)N(C)C)c([N+](=O)[O-])c(OC)c1OC. The quantitative estimate of drug-likeness (QED) is 0.564. The summed E-state index contributed by atoms with van der Waals surface area (Å²) in [5, 5.41) is 13.7. The molecule has 0 aliphatic rings. The van der Waals surface area contributed by atoms with Crippen molar-refractivity contribution < 1.29 is 28.7 Å². The fourth-order valence-corrected chi connectivity index (χ4v) is 1.90. The molecule has 0 aliphatic carbocycles. The zero-order valence-electron chi connectivity index (χ0n) is 14.0. The first-order valence-corrected chi connectivity index (χ1v) is 6.74. The number of nitrogens with zero attached hydrogens (tertiary/aromatic N) is 2. The molecule has 0 aromatic heterocycles. The van der Waals surface area contributed by atoms with Crippen LogP contribution in [-0.2, 0) is 4.79 Å². The molecule has 0 saturated heterocycles. The van der Waals surface area contributed by atoms with E-state index >= 15 is 0 Å². The molecule has 0 saturated carbocycles. The molecule has 0 aliphatic heterocycles. The van der Waals surface area contributed by atoms with Gasteiger partial charge in [0.1, 0.15) is 5.56 Å². The Morgan fingerprint density at radius 3 is 2.17 bits per heavy atom. The number of rotatable bonds is 7. The van der Waals surface area contributed by atoms with Crippen molar-refractivity contribution in [3.63, 3.8) is 0 Å². The molecular weight excluding hydrogens is 322 g/mol. The average Bonchev–Trinajstić information content (AvgIpc) is 2.56. The Morgan fingerprint density at radius 2 is 1.75 bits per heavy atom. The molecular formula is C14H19N3O7. The van der Waals surface area contributed by atoms with Crippen molar-refractivity contribution in [3.05, 3.63) is 21.7 Å². The Labute approximate surface area is 138 Å². The minimum Gasteiger partial charge on any atom is -0.493 e. The lowest BCUT2D eigenvalue weighted by atomic mass is 10.1. The van der Waals surface area contributed by atoms with E-state index in [1.54, 1.807) is 0 Å². The number of nitrogens with one attached hydrogen (secondary N) is 1. The van der Waals surface area contributed by atoms with Gasteiger partial charge in [0.25, 0.3) is 5.91 Å². The summed E-state index contributed by atoms with van der Waals surface area (Å²) in [4.78, 5) is 35.8. The molecule has 0 heterocycles. The summed E-state index contributed by atoms with van der Waals surface area (Å²) < 4.78 is 15.2. The average molecular weight is 341 g/mol.